The Morgan fingerprint density at radius 2 is 2.25 bits per heavy atom. The Balaban J connectivity index is 2.91. The number of carbonyl (C=O) groups is 1. The van der Waals surface area contributed by atoms with Gasteiger partial charge in [-0.3, -0.25) is 4.79 Å². The molecule has 0 aliphatic heterocycles. The summed E-state index contributed by atoms with van der Waals surface area (Å²) in [6, 6.07) is 5.14. The smallest absolute Gasteiger partial charge is 0.305 e. The summed E-state index contributed by atoms with van der Waals surface area (Å²) in [5.74, 6) is -1.64. The predicted octanol–water partition coefficient (Wildman–Crippen LogP) is 3.55. The molecular weight excluding hydrogens is 329 g/mol. The highest BCUT2D eigenvalue weighted by molar-refractivity contribution is 9.10. The summed E-state index contributed by atoms with van der Waals surface area (Å²) in [6.45, 7) is 2.00. The number of benzene rings is 1. The first-order valence-corrected chi connectivity index (χ1v) is 6.91. The van der Waals surface area contributed by atoms with E-state index in [0.717, 1.165) is 0 Å². The molecule has 4 nitrogen and oxygen atoms in total. The van der Waals surface area contributed by atoms with Crippen molar-refractivity contribution in [3.63, 3.8) is 0 Å². The lowest BCUT2D eigenvalue weighted by Crippen LogP contribution is -2.08. The van der Waals surface area contributed by atoms with Gasteiger partial charge in [0.2, 0.25) is 0 Å². The maximum Gasteiger partial charge on any atom is 0.305 e. The summed E-state index contributed by atoms with van der Waals surface area (Å²) in [7, 11) is 1.35. The molecule has 1 unspecified atom stereocenters. The Morgan fingerprint density at radius 3 is 2.80 bits per heavy atom. The summed E-state index contributed by atoms with van der Waals surface area (Å²) in [5, 5.41) is 9.16. The van der Waals surface area contributed by atoms with Crippen LogP contribution in [0.1, 0.15) is 31.2 Å². The van der Waals surface area contributed by atoms with Gasteiger partial charge in [0, 0.05) is 12.0 Å². The van der Waals surface area contributed by atoms with Crippen LogP contribution in [-0.2, 0) is 9.53 Å². The first kappa shape index (κ1) is 16.4. The third-order valence-electron chi connectivity index (χ3n) is 2.76. The molecule has 0 bridgehead atoms. The van der Waals surface area contributed by atoms with Gasteiger partial charge < -0.3 is 9.47 Å². The van der Waals surface area contributed by atoms with Gasteiger partial charge >= 0.3 is 5.97 Å². The normalized spacial score (nSPS) is 11.6. The summed E-state index contributed by atoms with van der Waals surface area (Å²) < 4.78 is 24.4. The fraction of sp³-hybridized carbons (Fsp3) is 0.429. The third-order valence-corrected chi connectivity index (χ3v) is 3.38. The van der Waals surface area contributed by atoms with Gasteiger partial charge in [-0.2, -0.15) is 5.26 Å². The van der Waals surface area contributed by atoms with Crippen molar-refractivity contribution in [1.29, 1.82) is 5.26 Å². The number of nitrogens with zero attached hydrogens (tertiary/aromatic N) is 1. The van der Waals surface area contributed by atoms with Crippen LogP contribution in [0.15, 0.2) is 16.6 Å². The second-order valence-corrected chi connectivity index (χ2v) is 4.86. The van der Waals surface area contributed by atoms with Gasteiger partial charge in [-0.15, -0.1) is 0 Å². The van der Waals surface area contributed by atoms with Gasteiger partial charge in [-0.25, -0.2) is 4.39 Å². The molecule has 20 heavy (non-hydrogen) atoms. The van der Waals surface area contributed by atoms with Gasteiger partial charge in [0.05, 0.1) is 30.2 Å². The monoisotopic (exact) mass is 343 g/mol. The molecule has 0 spiro atoms. The molecule has 1 rings (SSSR count). The Bertz CT molecular complexity index is 528. The van der Waals surface area contributed by atoms with Crippen molar-refractivity contribution in [3.05, 3.63) is 28.0 Å². The van der Waals surface area contributed by atoms with Crippen LogP contribution < -0.4 is 4.74 Å². The summed E-state index contributed by atoms with van der Waals surface area (Å²) in [6.07, 6.45) is 0.279. The maximum absolute atomic E-state index is 14.2. The zero-order chi connectivity index (χ0) is 15.1. The lowest BCUT2D eigenvalue weighted by Gasteiger charge is -2.13. The molecule has 1 atom stereocenters. The second-order valence-electron chi connectivity index (χ2n) is 4.01. The van der Waals surface area contributed by atoms with E-state index >= 15 is 0 Å². The van der Waals surface area contributed by atoms with Crippen molar-refractivity contribution in [2.24, 2.45) is 0 Å². The quantitative estimate of drug-likeness (QED) is 0.741. The Kier molecular flexibility index (Phi) is 6.46. The Labute approximate surface area is 125 Å². The highest BCUT2D eigenvalue weighted by Gasteiger charge is 2.21. The van der Waals surface area contributed by atoms with E-state index in [1.165, 1.54) is 13.2 Å². The van der Waals surface area contributed by atoms with Crippen LogP contribution in [0.2, 0.25) is 0 Å². The molecule has 1 aromatic rings. The van der Waals surface area contributed by atoms with Crippen molar-refractivity contribution in [2.45, 2.75) is 25.7 Å². The average Bonchev–Trinajstić information content (AvgIpc) is 2.42. The molecule has 0 aromatic heterocycles. The van der Waals surface area contributed by atoms with Crippen LogP contribution >= 0.6 is 15.9 Å². The molecular formula is C14H15BrFNO3. The number of nitriles is 1. The molecule has 0 heterocycles. The molecule has 1 aromatic carbocycles. The van der Waals surface area contributed by atoms with Gasteiger partial charge in [-0.1, -0.05) is 6.07 Å². The molecule has 0 saturated carbocycles. The first-order chi connectivity index (χ1) is 9.54. The molecule has 0 fully saturated rings. The molecule has 108 valence electrons. The molecule has 0 saturated heterocycles. The second kappa shape index (κ2) is 7.85. The van der Waals surface area contributed by atoms with Crippen molar-refractivity contribution in [1.82, 2.24) is 0 Å². The molecule has 0 aliphatic carbocycles. The largest absolute Gasteiger partial charge is 0.492 e. The number of carbonyl (C=O) groups excluding carboxylic acids is 1. The summed E-state index contributed by atoms with van der Waals surface area (Å²) in [4.78, 5) is 11.3. The zero-order valence-corrected chi connectivity index (χ0v) is 12.9. The number of hydrogen-bond donors (Lipinski definition) is 0. The van der Waals surface area contributed by atoms with Crippen LogP contribution in [0.25, 0.3) is 0 Å². The van der Waals surface area contributed by atoms with E-state index in [1.807, 2.05) is 6.07 Å². The van der Waals surface area contributed by atoms with Crippen molar-refractivity contribution in [2.75, 3.05) is 13.7 Å². The van der Waals surface area contributed by atoms with Crippen LogP contribution in [0.5, 0.6) is 5.75 Å². The standard InChI is InChI=1S/C14H15BrFNO3/c1-3-20-12(18)7-4-9(8-17)10-5-6-11(15)14(19-2)13(10)16/h5-6,9H,3-4,7H2,1-2H3. The number of rotatable bonds is 6. The molecule has 6 heteroatoms. The highest BCUT2D eigenvalue weighted by atomic mass is 79.9. The van der Waals surface area contributed by atoms with E-state index in [-0.39, 0.29) is 30.8 Å². The van der Waals surface area contributed by atoms with E-state index in [1.54, 1.807) is 13.0 Å². The highest BCUT2D eigenvalue weighted by Crippen LogP contribution is 2.34. The number of ether oxygens (including phenoxy) is 2. The number of hydrogen-bond acceptors (Lipinski definition) is 4. The average molecular weight is 344 g/mol. The summed E-state index contributed by atoms with van der Waals surface area (Å²) in [5.41, 5.74) is 0.219. The maximum atomic E-state index is 14.2. The number of halogens is 2. The molecule has 0 radical (unpaired) electrons. The van der Waals surface area contributed by atoms with Crippen molar-refractivity contribution >= 4 is 21.9 Å². The molecule has 0 amide bonds. The van der Waals surface area contributed by atoms with E-state index in [2.05, 4.69) is 15.9 Å². The predicted molar refractivity (Wildman–Crippen MR) is 74.9 cm³/mol. The fourth-order valence-electron chi connectivity index (χ4n) is 1.79. The Hall–Kier alpha value is -1.61. The molecule has 0 N–H and O–H groups in total. The van der Waals surface area contributed by atoms with Gasteiger partial charge in [0.15, 0.2) is 11.6 Å². The van der Waals surface area contributed by atoms with E-state index in [4.69, 9.17) is 14.7 Å². The Morgan fingerprint density at radius 1 is 1.55 bits per heavy atom. The van der Waals surface area contributed by atoms with Crippen molar-refractivity contribution in [3.8, 4) is 11.8 Å². The summed E-state index contributed by atoms with van der Waals surface area (Å²) >= 11 is 3.17. The minimum Gasteiger partial charge on any atom is -0.492 e. The van der Waals surface area contributed by atoms with Gasteiger partial charge in [-0.05, 0) is 35.3 Å². The lowest BCUT2D eigenvalue weighted by atomic mass is 9.95. The first-order valence-electron chi connectivity index (χ1n) is 6.12. The van der Waals surface area contributed by atoms with Crippen molar-refractivity contribution < 1.29 is 18.7 Å². The van der Waals surface area contributed by atoms with Gasteiger partial charge in [0.25, 0.3) is 0 Å². The number of methoxy groups -OCH3 is 1. The van der Waals surface area contributed by atoms with E-state index in [9.17, 15) is 9.18 Å². The zero-order valence-electron chi connectivity index (χ0n) is 11.3. The van der Waals surface area contributed by atoms with E-state index < -0.39 is 17.7 Å². The minimum atomic E-state index is -0.721. The van der Waals surface area contributed by atoms with Gasteiger partial charge in [0.1, 0.15) is 0 Å². The van der Waals surface area contributed by atoms with E-state index in [0.29, 0.717) is 4.47 Å². The molecule has 0 aliphatic rings. The topological polar surface area (TPSA) is 59.3 Å². The van der Waals surface area contributed by atoms with Crippen LogP contribution in [0.3, 0.4) is 0 Å². The SMILES string of the molecule is CCOC(=O)CCC(C#N)c1ccc(Br)c(OC)c1F. The number of esters is 1. The lowest BCUT2D eigenvalue weighted by molar-refractivity contribution is -0.143. The fourth-order valence-corrected chi connectivity index (χ4v) is 2.26. The van der Waals surface area contributed by atoms with Crippen LogP contribution in [0.4, 0.5) is 4.39 Å². The minimum absolute atomic E-state index is 0.0545. The van der Waals surface area contributed by atoms with Crippen LogP contribution in [-0.4, -0.2) is 19.7 Å². The third kappa shape index (κ3) is 3.94. The van der Waals surface area contributed by atoms with Crippen LogP contribution in [0, 0.1) is 17.1 Å².